The molecule has 0 amide bonds. The third kappa shape index (κ3) is 3.34. The molecular formula is C9H12BrNO2. The molecule has 0 aliphatic carbocycles. The lowest BCUT2D eigenvalue weighted by Gasteiger charge is -2.17. The fraction of sp³-hybridized carbons (Fsp3) is 0.333. The summed E-state index contributed by atoms with van der Waals surface area (Å²) in [6.45, 7) is 0.169. The molecular weight excluding hydrogens is 234 g/mol. The number of rotatable bonds is 4. The van der Waals surface area contributed by atoms with Crippen LogP contribution in [0.5, 0.6) is 5.75 Å². The van der Waals surface area contributed by atoms with Gasteiger partial charge in [0.15, 0.2) is 5.01 Å². The monoisotopic (exact) mass is 245 g/mol. The summed E-state index contributed by atoms with van der Waals surface area (Å²) in [5.41, 5.74) is 5.27. The fourth-order valence-corrected chi connectivity index (χ4v) is 1.25. The van der Waals surface area contributed by atoms with Gasteiger partial charge in [-0.15, -0.1) is 0 Å². The van der Waals surface area contributed by atoms with Crippen LogP contribution in [0.15, 0.2) is 30.3 Å². The molecule has 2 unspecified atom stereocenters. The molecule has 3 nitrogen and oxygen atoms in total. The largest absolute Gasteiger partial charge is 0.476 e. The van der Waals surface area contributed by atoms with E-state index in [1.54, 1.807) is 0 Å². The Bertz CT molecular complexity index is 243. The lowest BCUT2D eigenvalue weighted by Crippen LogP contribution is -2.32. The van der Waals surface area contributed by atoms with E-state index < -0.39 is 11.1 Å². The quantitative estimate of drug-likeness (QED) is 0.782. The zero-order chi connectivity index (χ0) is 9.68. The first-order chi connectivity index (χ1) is 6.24. The lowest BCUT2D eigenvalue weighted by atomic mass is 10.3. The highest BCUT2D eigenvalue weighted by Gasteiger charge is 2.15. The molecule has 4 heteroatoms. The Morgan fingerprint density at radius 1 is 1.38 bits per heavy atom. The number of para-hydroxylation sites is 1. The van der Waals surface area contributed by atoms with Gasteiger partial charge in [-0.2, -0.15) is 0 Å². The van der Waals surface area contributed by atoms with Gasteiger partial charge in [-0.1, -0.05) is 18.2 Å². The molecule has 3 N–H and O–H groups in total. The minimum atomic E-state index is -0.694. The highest BCUT2D eigenvalue weighted by molar-refractivity contribution is 9.09. The summed E-state index contributed by atoms with van der Waals surface area (Å²) >= 11 is 3.19. The van der Waals surface area contributed by atoms with Gasteiger partial charge in [-0.3, -0.25) is 0 Å². The van der Waals surface area contributed by atoms with Crippen LogP contribution in [0.25, 0.3) is 0 Å². The topological polar surface area (TPSA) is 55.5 Å². The van der Waals surface area contributed by atoms with Crippen molar-refractivity contribution in [1.82, 2.24) is 0 Å². The van der Waals surface area contributed by atoms with Crippen molar-refractivity contribution in [3.05, 3.63) is 30.3 Å². The van der Waals surface area contributed by atoms with Crippen LogP contribution in [0.4, 0.5) is 0 Å². The summed E-state index contributed by atoms with van der Waals surface area (Å²) in [5.74, 6) is 0.705. The first-order valence-corrected chi connectivity index (χ1v) is 4.89. The third-order valence-corrected chi connectivity index (χ3v) is 2.33. The van der Waals surface area contributed by atoms with Crippen molar-refractivity contribution in [2.75, 3.05) is 6.54 Å². The van der Waals surface area contributed by atoms with E-state index >= 15 is 0 Å². The van der Waals surface area contributed by atoms with Gasteiger partial charge in [-0.25, -0.2) is 0 Å². The number of hydrogen-bond donors (Lipinski definition) is 2. The fourth-order valence-electron chi connectivity index (χ4n) is 0.815. The number of ether oxygens (including phenoxy) is 1. The molecule has 0 aromatic heterocycles. The molecule has 0 saturated carbocycles. The van der Waals surface area contributed by atoms with E-state index in [1.807, 2.05) is 30.3 Å². The number of aliphatic hydroxyl groups excluding tert-OH is 1. The second-order valence-electron chi connectivity index (χ2n) is 2.59. The van der Waals surface area contributed by atoms with Crippen molar-refractivity contribution < 1.29 is 9.84 Å². The zero-order valence-corrected chi connectivity index (χ0v) is 8.65. The molecule has 2 atom stereocenters. The maximum absolute atomic E-state index is 9.29. The van der Waals surface area contributed by atoms with Crippen LogP contribution in [-0.2, 0) is 0 Å². The standard InChI is InChI=1S/C9H12BrNO2/c10-9(8(12)6-11)13-7-4-2-1-3-5-7/h1-5,8-9,12H,6,11H2. The maximum atomic E-state index is 9.29. The number of alkyl halides is 1. The summed E-state index contributed by atoms with van der Waals surface area (Å²) in [6.07, 6.45) is -0.694. The van der Waals surface area contributed by atoms with Crippen molar-refractivity contribution in [2.45, 2.75) is 11.1 Å². The Hall–Kier alpha value is -0.580. The van der Waals surface area contributed by atoms with Gasteiger partial charge < -0.3 is 15.6 Å². The second kappa shape index (κ2) is 5.21. The van der Waals surface area contributed by atoms with Gasteiger partial charge in [-0.05, 0) is 28.1 Å². The van der Waals surface area contributed by atoms with Gasteiger partial charge in [0.05, 0.1) is 0 Å². The second-order valence-corrected chi connectivity index (χ2v) is 3.49. The predicted octanol–water partition coefficient (Wildman–Crippen LogP) is 1.11. The molecule has 1 aromatic carbocycles. The number of aliphatic hydroxyl groups is 1. The molecule has 0 saturated heterocycles. The van der Waals surface area contributed by atoms with Crippen LogP contribution in [0, 0.1) is 0 Å². The first-order valence-electron chi connectivity index (χ1n) is 3.98. The Labute approximate surface area is 85.6 Å². The van der Waals surface area contributed by atoms with Crippen LogP contribution in [0.3, 0.4) is 0 Å². The SMILES string of the molecule is NCC(O)C(Br)Oc1ccccc1. The highest BCUT2D eigenvalue weighted by Crippen LogP contribution is 2.15. The molecule has 0 fully saturated rings. The number of benzene rings is 1. The minimum Gasteiger partial charge on any atom is -0.476 e. The smallest absolute Gasteiger partial charge is 0.180 e. The van der Waals surface area contributed by atoms with Gasteiger partial charge in [0.25, 0.3) is 0 Å². The van der Waals surface area contributed by atoms with E-state index in [0.29, 0.717) is 5.75 Å². The molecule has 0 spiro atoms. The van der Waals surface area contributed by atoms with Crippen molar-refractivity contribution in [3.8, 4) is 5.75 Å². The van der Waals surface area contributed by atoms with Gasteiger partial charge in [0.2, 0.25) is 0 Å². The molecule has 13 heavy (non-hydrogen) atoms. The molecule has 0 heterocycles. The van der Waals surface area contributed by atoms with Crippen molar-refractivity contribution in [2.24, 2.45) is 5.73 Å². The molecule has 0 bridgehead atoms. The summed E-state index contributed by atoms with van der Waals surface area (Å²) in [5, 5.41) is 8.83. The summed E-state index contributed by atoms with van der Waals surface area (Å²) < 4.78 is 5.35. The van der Waals surface area contributed by atoms with E-state index in [2.05, 4.69) is 15.9 Å². The van der Waals surface area contributed by atoms with Gasteiger partial charge in [0, 0.05) is 6.54 Å². The van der Waals surface area contributed by atoms with Crippen LogP contribution in [0.1, 0.15) is 0 Å². The molecule has 72 valence electrons. The summed E-state index contributed by atoms with van der Waals surface area (Å²) in [4.78, 5) is 0. The van der Waals surface area contributed by atoms with E-state index in [4.69, 9.17) is 10.5 Å². The van der Waals surface area contributed by atoms with Crippen LogP contribution in [-0.4, -0.2) is 22.8 Å². The molecule has 0 aliphatic rings. The highest BCUT2D eigenvalue weighted by atomic mass is 79.9. The summed E-state index contributed by atoms with van der Waals surface area (Å²) in [6, 6.07) is 9.26. The first kappa shape index (κ1) is 10.5. The van der Waals surface area contributed by atoms with E-state index in [0.717, 1.165) is 0 Å². The van der Waals surface area contributed by atoms with Crippen molar-refractivity contribution in [1.29, 1.82) is 0 Å². The average molecular weight is 246 g/mol. The van der Waals surface area contributed by atoms with Gasteiger partial charge in [0.1, 0.15) is 11.9 Å². The minimum absolute atomic E-state index is 0.169. The number of nitrogens with two attached hydrogens (primary N) is 1. The third-order valence-electron chi connectivity index (χ3n) is 1.54. The molecule has 1 aromatic rings. The molecule has 0 radical (unpaired) electrons. The van der Waals surface area contributed by atoms with E-state index in [-0.39, 0.29) is 6.54 Å². The predicted molar refractivity (Wildman–Crippen MR) is 54.8 cm³/mol. The van der Waals surface area contributed by atoms with Crippen molar-refractivity contribution >= 4 is 15.9 Å². The Morgan fingerprint density at radius 3 is 2.54 bits per heavy atom. The van der Waals surface area contributed by atoms with Crippen LogP contribution >= 0.6 is 15.9 Å². The van der Waals surface area contributed by atoms with Gasteiger partial charge >= 0.3 is 0 Å². The Morgan fingerprint density at radius 2 is 2.00 bits per heavy atom. The average Bonchev–Trinajstić information content (AvgIpc) is 2.18. The molecule has 0 aliphatic heterocycles. The maximum Gasteiger partial charge on any atom is 0.180 e. The Balaban J connectivity index is 2.50. The summed E-state index contributed by atoms with van der Waals surface area (Å²) in [7, 11) is 0. The van der Waals surface area contributed by atoms with E-state index in [9.17, 15) is 5.11 Å². The number of hydrogen-bond acceptors (Lipinski definition) is 3. The molecule has 1 rings (SSSR count). The Kier molecular flexibility index (Phi) is 4.21. The van der Waals surface area contributed by atoms with E-state index in [1.165, 1.54) is 0 Å². The van der Waals surface area contributed by atoms with Crippen LogP contribution < -0.4 is 10.5 Å². The van der Waals surface area contributed by atoms with Crippen molar-refractivity contribution in [3.63, 3.8) is 0 Å². The lowest BCUT2D eigenvalue weighted by molar-refractivity contribution is 0.0974. The zero-order valence-electron chi connectivity index (χ0n) is 7.06. The number of halogens is 1. The normalized spacial score (nSPS) is 15.0. The van der Waals surface area contributed by atoms with Crippen LogP contribution in [0.2, 0.25) is 0 Å².